The van der Waals surface area contributed by atoms with Gasteiger partial charge in [-0.25, -0.2) is 4.68 Å². The lowest BCUT2D eigenvalue weighted by molar-refractivity contribution is -0.137. The van der Waals surface area contributed by atoms with Crippen LogP contribution in [0.2, 0.25) is 0 Å². The Labute approximate surface area is 266 Å². The third-order valence-electron chi connectivity index (χ3n) is 8.06. The molecule has 4 aromatic rings. The monoisotopic (exact) mass is 624 g/mol. The molecule has 11 heteroatoms. The predicted molar refractivity (Wildman–Crippen MR) is 174 cm³/mol. The van der Waals surface area contributed by atoms with Crippen molar-refractivity contribution in [3.05, 3.63) is 106 Å². The van der Waals surface area contributed by atoms with Gasteiger partial charge in [-0.3, -0.25) is 9.59 Å². The van der Waals surface area contributed by atoms with Crippen LogP contribution in [0, 0.1) is 13.8 Å². The summed E-state index contributed by atoms with van der Waals surface area (Å²) in [5.74, 6) is 1.55. The van der Waals surface area contributed by atoms with Gasteiger partial charge in [-0.1, -0.05) is 66.4 Å². The zero-order chi connectivity index (χ0) is 31.3. The fourth-order valence-electron chi connectivity index (χ4n) is 5.39. The van der Waals surface area contributed by atoms with Crippen molar-refractivity contribution in [3.8, 4) is 5.75 Å². The second-order valence-electron chi connectivity index (χ2n) is 11.1. The van der Waals surface area contributed by atoms with Crippen LogP contribution in [0.25, 0.3) is 0 Å². The topological polar surface area (TPSA) is 111 Å². The number of benzene rings is 3. The van der Waals surface area contributed by atoms with Gasteiger partial charge < -0.3 is 25.0 Å². The van der Waals surface area contributed by atoms with Crippen LogP contribution in [0.3, 0.4) is 0 Å². The van der Waals surface area contributed by atoms with Crippen LogP contribution in [-0.4, -0.2) is 64.4 Å². The fraction of sp³-hybridized carbons (Fsp3) is 0.294. The SMILES string of the molecule is CC1=C(C(=O)Nc2cccc(C)c2C)C(c2ccc(OCC(=O)N3CCOCC3)cc2)n2nc(SCc3ccccc3)nc2N1. The number of carbonyl (C=O) groups is 2. The van der Waals surface area contributed by atoms with E-state index in [-0.39, 0.29) is 18.4 Å². The van der Waals surface area contributed by atoms with Crippen molar-refractivity contribution in [3.63, 3.8) is 0 Å². The highest BCUT2D eigenvalue weighted by atomic mass is 32.2. The molecule has 2 N–H and O–H groups in total. The van der Waals surface area contributed by atoms with E-state index in [9.17, 15) is 9.59 Å². The highest BCUT2D eigenvalue weighted by Gasteiger charge is 2.34. The van der Waals surface area contributed by atoms with Crippen molar-refractivity contribution in [1.29, 1.82) is 0 Å². The molecule has 1 aromatic heterocycles. The third-order valence-corrected chi connectivity index (χ3v) is 8.97. The van der Waals surface area contributed by atoms with Gasteiger partial charge in [-0.2, -0.15) is 4.98 Å². The standard InChI is InChI=1S/C34H36N6O4S/c1-22-8-7-11-28(23(22)2)36-32(42)30-24(3)35-33-37-34(45-21-25-9-5-4-6-10-25)38-40(33)31(30)26-12-14-27(15-13-26)44-20-29(41)39-16-18-43-19-17-39/h4-15,31H,16-21H2,1-3H3,(H,36,42)(H,35,37,38). The number of hydrogen-bond acceptors (Lipinski definition) is 8. The molecule has 3 heterocycles. The number of nitrogens with one attached hydrogen (secondary N) is 2. The van der Waals surface area contributed by atoms with Gasteiger partial charge in [-0.15, -0.1) is 5.10 Å². The largest absolute Gasteiger partial charge is 0.484 e. The molecule has 0 bridgehead atoms. The highest BCUT2D eigenvalue weighted by molar-refractivity contribution is 7.98. The van der Waals surface area contributed by atoms with E-state index in [1.165, 1.54) is 17.3 Å². The zero-order valence-electron chi connectivity index (χ0n) is 25.6. The number of nitrogens with zero attached hydrogens (tertiary/aromatic N) is 4. The van der Waals surface area contributed by atoms with Crippen LogP contribution in [0.5, 0.6) is 5.75 Å². The van der Waals surface area contributed by atoms with Gasteiger partial charge in [0, 0.05) is 30.2 Å². The first-order valence-corrected chi connectivity index (χ1v) is 15.9. The molecule has 1 saturated heterocycles. The van der Waals surface area contributed by atoms with Gasteiger partial charge in [0.05, 0.1) is 18.8 Å². The first-order chi connectivity index (χ1) is 21.9. The van der Waals surface area contributed by atoms with E-state index in [1.54, 1.807) is 9.58 Å². The molecule has 2 amide bonds. The Morgan fingerprint density at radius 3 is 2.51 bits per heavy atom. The van der Waals surface area contributed by atoms with Gasteiger partial charge in [0.2, 0.25) is 11.1 Å². The molecule has 1 fully saturated rings. The quantitative estimate of drug-likeness (QED) is 0.240. The molecule has 1 atom stereocenters. The molecule has 0 radical (unpaired) electrons. The lowest BCUT2D eigenvalue weighted by Gasteiger charge is -2.29. The summed E-state index contributed by atoms with van der Waals surface area (Å²) in [4.78, 5) is 33.1. The van der Waals surface area contributed by atoms with Crippen LogP contribution < -0.4 is 15.4 Å². The van der Waals surface area contributed by atoms with Crippen molar-refractivity contribution in [2.45, 2.75) is 37.7 Å². The Morgan fingerprint density at radius 1 is 1.00 bits per heavy atom. The first-order valence-electron chi connectivity index (χ1n) is 14.9. The second-order valence-corrected chi connectivity index (χ2v) is 12.0. The van der Waals surface area contributed by atoms with E-state index in [0.29, 0.717) is 54.4 Å². The highest BCUT2D eigenvalue weighted by Crippen LogP contribution is 2.38. The number of anilines is 2. The number of hydrogen-bond donors (Lipinski definition) is 2. The van der Waals surface area contributed by atoms with Crippen LogP contribution in [-0.2, 0) is 20.1 Å². The molecular weight excluding hydrogens is 588 g/mol. The normalized spacial score (nSPS) is 16.2. The number of thioether (sulfide) groups is 1. The van der Waals surface area contributed by atoms with Gasteiger partial charge >= 0.3 is 0 Å². The maximum Gasteiger partial charge on any atom is 0.260 e. The number of ether oxygens (including phenoxy) is 2. The summed E-state index contributed by atoms with van der Waals surface area (Å²) in [7, 11) is 0. The van der Waals surface area contributed by atoms with Crippen LogP contribution >= 0.6 is 11.8 Å². The van der Waals surface area contributed by atoms with E-state index in [2.05, 4.69) is 22.8 Å². The first kappa shape index (κ1) is 30.4. The van der Waals surface area contributed by atoms with E-state index in [0.717, 1.165) is 28.1 Å². The Morgan fingerprint density at radius 2 is 1.76 bits per heavy atom. The molecule has 10 nitrogen and oxygen atoms in total. The molecular formula is C34H36N6O4S. The van der Waals surface area contributed by atoms with Gasteiger partial charge in [0.25, 0.3) is 11.8 Å². The molecule has 1 unspecified atom stereocenters. The zero-order valence-corrected chi connectivity index (χ0v) is 26.4. The Balaban J connectivity index is 1.27. The number of allylic oxidation sites excluding steroid dienone is 1. The lowest BCUT2D eigenvalue weighted by atomic mass is 9.94. The number of morpholine rings is 1. The minimum Gasteiger partial charge on any atom is -0.484 e. The molecule has 45 heavy (non-hydrogen) atoms. The van der Waals surface area contributed by atoms with E-state index in [4.69, 9.17) is 19.6 Å². The Kier molecular flexibility index (Phi) is 9.18. The molecule has 2 aliphatic heterocycles. The van der Waals surface area contributed by atoms with E-state index >= 15 is 0 Å². The minimum absolute atomic E-state index is 0.0512. The van der Waals surface area contributed by atoms with Crippen LogP contribution in [0.4, 0.5) is 11.6 Å². The van der Waals surface area contributed by atoms with E-state index < -0.39 is 6.04 Å². The van der Waals surface area contributed by atoms with Crippen molar-refractivity contribution < 1.29 is 19.1 Å². The summed E-state index contributed by atoms with van der Waals surface area (Å²) in [6, 6.07) is 22.9. The van der Waals surface area contributed by atoms with Crippen molar-refractivity contribution in [2.75, 3.05) is 43.5 Å². The number of carbonyl (C=O) groups excluding carboxylic acids is 2. The number of rotatable bonds is 9. The summed E-state index contributed by atoms with van der Waals surface area (Å²) < 4.78 is 12.9. The summed E-state index contributed by atoms with van der Waals surface area (Å²) in [5.41, 5.74) is 6.10. The second kappa shape index (κ2) is 13.6. The maximum absolute atomic E-state index is 14.0. The smallest absolute Gasteiger partial charge is 0.260 e. The number of fused-ring (bicyclic) bond motifs is 1. The molecule has 6 rings (SSSR count). The molecule has 3 aromatic carbocycles. The summed E-state index contributed by atoms with van der Waals surface area (Å²) in [5, 5.41) is 11.9. The Bertz CT molecular complexity index is 1710. The van der Waals surface area contributed by atoms with Gasteiger partial charge in [0.15, 0.2) is 6.61 Å². The summed E-state index contributed by atoms with van der Waals surface area (Å²) in [6.45, 7) is 8.08. The Hall–Kier alpha value is -4.61. The molecule has 0 aliphatic carbocycles. The van der Waals surface area contributed by atoms with Crippen molar-refractivity contribution >= 4 is 35.2 Å². The average molecular weight is 625 g/mol. The van der Waals surface area contributed by atoms with Crippen molar-refractivity contribution in [2.24, 2.45) is 0 Å². The molecule has 0 saturated carbocycles. The van der Waals surface area contributed by atoms with Gasteiger partial charge in [0.1, 0.15) is 11.8 Å². The fourth-order valence-corrected chi connectivity index (χ4v) is 6.17. The number of aromatic nitrogens is 3. The third kappa shape index (κ3) is 6.89. The van der Waals surface area contributed by atoms with Crippen LogP contribution in [0.15, 0.2) is 89.2 Å². The lowest BCUT2D eigenvalue weighted by Crippen LogP contribution is -2.42. The van der Waals surface area contributed by atoms with E-state index in [1.807, 2.05) is 81.4 Å². The summed E-state index contributed by atoms with van der Waals surface area (Å²) >= 11 is 1.54. The van der Waals surface area contributed by atoms with Gasteiger partial charge in [-0.05, 0) is 61.2 Å². The maximum atomic E-state index is 14.0. The molecule has 0 spiro atoms. The number of amides is 2. The minimum atomic E-state index is -0.547. The van der Waals surface area contributed by atoms with Crippen molar-refractivity contribution in [1.82, 2.24) is 19.7 Å². The molecule has 2 aliphatic rings. The summed E-state index contributed by atoms with van der Waals surface area (Å²) in [6.07, 6.45) is 0. The number of aryl methyl sites for hydroxylation is 1. The molecule has 232 valence electrons. The predicted octanol–water partition coefficient (Wildman–Crippen LogP) is 5.35. The van der Waals surface area contributed by atoms with Crippen LogP contribution in [0.1, 0.15) is 35.2 Å². The average Bonchev–Trinajstić information content (AvgIpc) is 3.47.